The van der Waals surface area contributed by atoms with E-state index in [1.807, 2.05) is 13.0 Å². The Morgan fingerprint density at radius 1 is 0.795 bits per heavy atom. The van der Waals surface area contributed by atoms with E-state index in [-0.39, 0.29) is 23.0 Å². The Labute approximate surface area is 251 Å². The second-order valence-corrected chi connectivity index (χ2v) is 11.9. The Morgan fingerprint density at radius 3 is 2.00 bits per heavy atom. The third kappa shape index (κ3) is 6.85. The first-order valence-corrected chi connectivity index (χ1v) is 14.8. The zero-order valence-electron chi connectivity index (χ0n) is 23.3. The molecule has 4 aromatic rings. The molecule has 0 amide bonds. The first kappa shape index (κ1) is 31.8. The molecule has 232 valence electrons. The standard InChI is InChI=1S/C33H25F9OS/c1-2-3-22-12-21-15-26(36)29(30(39)32(21)44-22)19-6-4-18(5-7-19)20-13-27(37)31(28(38)14-20)43-16-17-10-24(34)23(25(35)11-17)8-9-33(40,41)42/h10-15,18-19H,2-7,16H2,1H3. The van der Waals surface area contributed by atoms with Gasteiger partial charge >= 0.3 is 6.18 Å². The molecule has 0 saturated heterocycles. The average Bonchev–Trinajstić information content (AvgIpc) is 3.34. The summed E-state index contributed by atoms with van der Waals surface area (Å²) in [5.74, 6) is -5.30. The van der Waals surface area contributed by atoms with Crippen LogP contribution in [-0.4, -0.2) is 6.18 Å². The molecule has 0 spiro atoms. The SMILES string of the molecule is CCCc1cc2cc(F)c(C3CCC(c4cc(F)c(OCc5cc(F)c(C#CC(F)(F)F)c(F)c5)c(F)c4)CC3)c(F)c2s1. The van der Waals surface area contributed by atoms with Gasteiger partial charge in [0.2, 0.25) is 0 Å². The second-order valence-electron chi connectivity index (χ2n) is 10.8. The van der Waals surface area contributed by atoms with Crippen molar-refractivity contribution in [2.45, 2.75) is 70.1 Å². The Balaban J connectivity index is 1.26. The quantitative estimate of drug-likeness (QED) is 0.144. The summed E-state index contributed by atoms with van der Waals surface area (Å²) in [6.07, 6.45) is -1.57. The summed E-state index contributed by atoms with van der Waals surface area (Å²) >= 11 is 1.33. The minimum absolute atomic E-state index is 0.0512. The molecule has 1 heterocycles. The molecule has 0 radical (unpaired) electrons. The summed E-state index contributed by atoms with van der Waals surface area (Å²) in [4.78, 5) is 0.991. The van der Waals surface area contributed by atoms with E-state index < -0.39 is 59.0 Å². The number of hydrogen-bond acceptors (Lipinski definition) is 2. The number of halogens is 9. The molecule has 0 atom stereocenters. The zero-order valence-corrected chi connectivity index (χ0v) is 24.1. The van der Waals surface area contributed by atoms with Gasteiger partial charge in [0.15, 0.2) is 17.4 Å². The average molecular weight is 641 g/mol. The number of thiophene rings is 1. The number of rotatable bonds is 7. The summed E-state index contributed by atoms with van der Waals surface area (Å²) < 4.78 is 131. The Morgan fingerprint density at radius 2 is 1.41 bits per heavy atom. The van der Waals surface area contributed by atoms with E-state index in [0.717, 1.165) is 35.8 Å². The van der Waals surface area contributed by atoms with Crippen LogP contribution in [0.15, 0.2) is 36.4 Å². The molecule has 1 aliphatic rings. The van der Waals surface area contributed by atoms with Crippen molar-refractivity contribution < 1.29 is 44.3 Å². The van der Waals surface area contributed by atoms with Crippen LogP contribution in [0, 0.1) is 46.7 Å². The van der Waals surface area contributed by atoms with Gasteiger partial charge in [-0.05, 0) is 96.9 Å². The van der Waals surface area contributed by atoms with Gasteiger partial charge in [0, 0.05) is 16.4 Å². The van der Waals surface area contributed by atoms with Crippen LogP contribution in [0.5, 0.6) is 5.75 Å². The summed E-state index contributed by atoms with van der Waals surface area (Å²) in [7, 11) is 0. The van der Waals surface area contributed by atoms with Crippen molar-refractivity contribution in [3.63, 3.8) is 0 Å². The maximum atomic E-state index is 15.4. The van der Waals surface area contributed by atoms with E-state index >= 15 is 8.78 Å². The number of hydrogen-bond donors (Lipinski definition) is 0. The predicted octanol–water partition coefficient (Wildman–Crippen LogP) is 10.6. The van der Waals surface area contributed by atoms with Crippen molar-refractivity contribution in [1.29, 1.82) is 0 Å². The summed E-state index contributed by atoms with van der Waals surface area (Å²) in [5, 5.41) is 0.543. The van der Waals surface area contributed by atoms with E-state index in [9.17, 15) is 30.7 Å². The first-order valence-electron chi connectivity index (χ1n) is 13.9. The van der Waals surface area contributed by atoms with Crippen LogP contribution >= 0.6 is 11.3 Å². The Bertz CT molecular complexity index is 1710. The monoisotopic (exact) mass is 640 g/mol. The molecule has 0 unspecified atom stereocenters. The smallest absolute Gasteiger partial charge is 0.458 e. The Kier molecular flexibility index (Phi) is 9.21. The van der Waals surface area contributed by atoms with Crippen LogP contribution in [0.25, 0.3) is 10.1 Å². The van der Waals surface area contributed by atoms with E-state index in [1.54, 1.807) is 0 Å². The molecule has 1 fully saturated rings. The third-order valence-electron chi connectivity index (χ3n) is 7.73. The van der Waals surface area contributed by atoms with Crippen LogP contribution in [0.3, 0.4) is 0 Å². The number of alkyl halides is 3. The molecular weight excluding hydrogens is 615 g/mol. The highest BCUT2D eigenvalue weighted by Gasteiger charge is 2.30. The van der Waals surface area contributed by atoms with Gasteiger partial charge in [-0.25, -0.2) is 26.3 Å². The van der Waals surface area contributed by atoms with Crippen molar-refractivity contribution in [2.75, 3.05) is 0 Å². The van der Waals surface area contributed by atoms with Crippen LogP contribution in [0.1, 0.15) is 78.0 Å². The lowest BCUT2D eigenvalue weighted by molar-refractivity contribution is -0.0696. The number of benzene rings is 3. The molecule has 5 rings (SSSR count). The van der Waals surface area contributed by atoms with Gasteiger partial charge in [0.1, 0.15) is 29.9 Å². The molecular formula is C33H25F9OS. The zero-order chi connectivity index (χ0) is 31.8. The van der Waals surface area contributed by atoms with Crippen molar-refractivity contribution >= 4 is 21.4 Å². The predicted molar refractivity (Wildman–Crippen MR) is 150 cm³/mol. The van der Waals surface area contributed by atoms with Gasteiger partial charge in [-0.15, -0.1) is 11.3 Å². The minimum Gasteiger partial charge on any atom is -0.483 e. The van der Waals surface area contributed by atoms with Crippen LogP contribution < -0.4 is 4.74 Å². The summed E-state index contributed by atoms with van der Waals surface area (Å²) in [6.45, 7) is 1.34. The van der Waals surface area contributed by atoms with Gasteiger partial charge in [0.05, 0.1) is 10.3 Å². The van der Waals surface area contributed by atoms with E-state index in [0.29, 0.717) is 53.5 Å². The molecule has 1 aromatic heterocycles. The first-order chi connectivity index (χ1) is 20.8. The van der Waals surface area contributed by atoms with Crippen molar-refractivity contribution in [1.82, 2.24) is 0 Å². The highest BCUT2D eigenvalue weighted by atomic mass is 32.1. The maximum Gasteiger partial charge on any atom is 0.458 e. The molecule has 3 aromatic carbocycles. The molecule has 44 heavy (non-hydrogen) atoms. The number of aryl methyl sites for hydroxylation is 1. The summed E-state index contributed by atoms with van der Waals surface area (Å²) in [5.41, 5.74) is -0.925. The lowest BCUT2D eigenvalue weighted by Gasteiger charge is -2.30. The normalized spacial score (nSPS) is 17.0. The van der Waals surface area contributed by atoms with Gasteiger partial charge in [-0.3, -0.25) is 0 Å². The molecule has 1 saturated carbocycles. The molecule has 0 aliphatic heterocycles. The van der Waals surface area contributed by atoms with Crippen LogP contribution in [0.2, 0.25) is 0 Å². The highest BCUT2D eigenvalue weighted by Crippen LogP contribution is 2.45. The van der Waals surface area contributed by atoms with E-state index in [2.05, 4.69) is 0 Å². The molecule has 1 nitrogen and oxygen atoms in total. The second kappa shape index (κ2) is 12.8. The summed E-state index contributed by atoms with van der Waals surface area (Å²) in [6, 6.07) is 6.70. The topological polar surface area (TPSA) is 9.23 Å². The van der Waals surface area contributed by atoms with Gasteiger partial charge in [-0.1, -0.05) is 19.3 Å². The fourth-order valence-electron chi connectivity index (χ4n) is 5.71. The lowest BCUT2D eigenvalue weighted by atomic mass is 9.76. The van der Waals surface area contributed by atoms with Crippen molar-refractivity contribution in [3.05, 3.63) is 98.4 Å². The molecule has 0 bridgehead atoms. The van der Waals surface area contributed by atoms with Crippen molar-refractivity contribution in [3.8, 4) is 17.6 Å². The van der Waals surface area contributed by atoms with Crippen LogP contribution in [-0.2, 0) is 13.0 Å². The van der Waals surface area contributed by atoms with Gasteiger partial charge < -0.3 is 4.74 Å². The largest absolute Gasteiger partial charge is 0.483 e. The lowest BCUT2D eigenvalue weighted by Crippen LogP contribution is -2.15. The fraction of sp³-hybridized carbons (Fsp3) is 0.333. The van der Waals surface area contributed by atoms with E-state index in [4.69, 9.17) is 4.74 Å². The van der Waals surface area contributed by atoms with Gasteiger partial charge in [-0.2, -0.15) is 13.2 Å². The van der Waals surface area contributed by atoms with Crippen LogP contribution in [0.4, 0.5) is 39.5 Å². The van der Waals surface area contributed by atoms with Crippen molar-refractivity contribution in [2.24, 2.45) is 0 Å². The van der Waals surface area contributed by atoms with Gasteiger partial charge in [0.25, 0.3) is 0 Å². The number of ether oxygens (including phenoxy) is 1. The fourth-order valence-corrected chi connectivity index (χ4v) is 6.90. The maximum absolute atomic E-state index is 15.4. The molecule has 0 N–H and O–H groups in total. The molecule has 1 aliphatic carbocycles. The highest BCUT2D eigenvalue weighted by molar-refractivity contribution is 7.19. The van der Waals surface area contributed by atoms with E-state index in [1.165, 1.54) is 23.3 Å². The minimum atomic E-state index is -4.95. The Hall–Kier alpha value is -3.65. The third-order valence-corrected chi connectivity index (χ3v) is 8.93. The molecule has 11 heteroatoms. The number of fused-ring (bicyclic) bond motifs is 1.